The SMILES string of the molecule is NC1CCC(C(=O)O)(c2ccc(C(F)(F)F)cn2)CC1. The van der Waals surface area contributed by atoms with Gasteiger partial charge in [-0.2, -0.15) is 13.2 Å². The molecule has 2 rings (SSSR count). The van der Waals surface area contributed by atoms with Crippen molar-refractivity contribution in [3.8, 4) is 0 Å². The fraction of sp³-hybridized carbons (Fsp3) is 0.538. The van der Waals surface area contributed by atoms with E-state index in [4.69, 9.17) is 5.73 Å². The number of pyridine rings is 1. The Labute approximate surface area is 113 Å². The first kappa shape index (κ1) is 14.8. The number of aromatic nitrogens is 1. The highest BCUT2D eigenvalue weighted by Crippen LogP contribution is 2.39. The maximum absolute atomic E-state index is 12.5. The number of aliphatic carboxylic acids is 1. The lowest BCUT2D eigenvalue weighted by molar-refractivity contribution is -0.145. The molecule has 0 aliphatic heterocycles. The van der Waals surface area contributed by atoms with E-state index in [0.29, 0.717) is 31.9 Å². The molecule has 0 bridgehead atoms. The van der Waals surface area contributed by atoms with Gasteiger partial charge in [-0.15, -0.1) is 0 Å². The maximum Gasteiger partial charge on any atom is 0.417 e. The van der Waals surface area contributed by atoms with Crippen molar-refractivity contribution in [1.29, 1.82) is 0 Å². The molecule has 0 unspecified atom stereocenters. The summed E-state index contributed by atoms with van der Waals surface area (Å²) in [5.74, 6) is -1.06. The van der Waals surface area contributed by atoms with Crippen molar-refractivity contribution < 1.29 is 23.1 Å². The molecule has 1 fully saturated rings. The highest BCUT2D eigenvalue weighted by molar-refractivity contribution is 5.80. The van der Waals surface area contributed by atoms with Crippen LogP contribution in [0.1, 0.15) is 36.9 Å². The third-order valence-corrected chi connectivity index (χ3v) is 3.87. The Morgan fingerprint density at radius 1 is 1.35 bits per heavy atom. The van der Waals surface area contributed by atoms with Gasteiger partial charge in [-0.1, -0.05) is 0 Å². The van der Waals surface area contributed by atoms with Crippen molar-refractivity contribution in [3.63, 3.8) is 0 Å². The second kappa shape index (κ2) is 5.05. The summed E-state index contributed by atoms with van der Waals surface area (Å²) in [6, 6.07) is 1.98. The molecule has 0 spiro atoms. The van der Waals surface area contributed by atoms with Gasteiger partial charge in [0.15, 0.2) is 0 Å². The third-order valence-electron chi connectivity index (χ3n) is 3.87. The van der Waals surface area contributed by atoms with Gasteiger partial charge in [0.1, 0.15) is 5.41 Å². The van der Waals surface area contributed by atoms with E-state index in [2.05, 4.69) is 4.98 Å². The van der Waals surface area contributed by atoms with Gasteiger partial charge in [-0.3, -0.25) is 9.78 Å². The summed E-state index contributed by atoms with van der Waals surface area (Å²) >= 11 is 0. The fourth-order valence-corrected chi connectivity index (χ4v) is 2.56. The van der Waals surface area contributed by atoms with Gasteiger partial charge < -0.3 is 10.8 Å². The predicted octanol–water partition coefficient (Wildman–Crippen LogP) is 2.32. The largest absolute Gasteiger partial charge is 0.481 e. The van der Waals surface area contributed by atoms with Gasteiger partial charge in [0.05, 0.1) is 11.3 Å². The number of carbonyl (C=O) groups is 1. The highest BCUT2D eigenvalue weighted by Gasteiger charge is 2.44. The number of carboxylic acid groups (broad SMARTS) is 1. The molecule has 0 atom stereocenters. The summed E-state index contributed by atoms with van der Waals surface area (Å²) in [6.07, 6.45) is -2.15. The van der Waals surface area contributed by atoms with Crippen LogP contribution < -0.4 is 5.73 Å². The van der Waals surface area contributed by atoms with Crippen LogP contribution in [0, 0.1) is 0 Å². The second-order valence-electron chi connectivity index (χ2n) is 5.15. The van der Waals surface area contributed by atoms with E-state index in [1.807, 2.05) is 0 Å². The lowest BCUT2D eigenvalue weighted by Crippen LogP contribution is -2.43. The fourth-order valence-electron chi connectivity index (χ4n) is 2.56. The molecule has 7 heteroatoms. The quantitative estimate of drug-likeness (QED) is 0.875. The van der Waals surface area contributed by atoms with Crippen molar-refractivity contribution in [3.05, 3.63) is 29.6 Å². The van der Waals surface area contributed by atoms with Crippen molar-refractivity contribution in [2.24, 2.45) is 5.73 Å². The molecule has 0 saturated heterocycles. The van der Waals surface area contributed by atoms with E-state index in [0.717, 1.165) is 12.1 Å². The molecule has 1 saturated carbocycles. The number of carboxylic acids is 1. The monoisotopic (exact) mass is 288 g/mol. The van der Waals surface area contributed by atoms with E-state index in [1.165, 1.54) is 0 Å². The Hall–Kier alpha value is -1.63. The van der Waals surface area contributed by atoms with Crippen LogP contribution in [0.2, 0.25) is 0 Å². The van der Waals surface area contributed by atoms with Gasteiger partial charge >= 0.3 is 12.1 Å². The molecule has 3 N–H and O–H groups in total. The molecule has 0 aromatic carbocycles. The Morgan fingerprint density at radius 3 is 2.35 bits per heavy atom. The highest BCUT2D eigenvalue weighted by atomic mass is 19.4. The first-order valence-electron chi connectivity index (χ1n) is 6.28. The second-order valence-corrected chi connectivity index (χ2v) is 5.15. The van der Waals surface area contributed by atoms with Gasteiger partial charge in [0.25, 0.3) is 0 Å². The maximum atomic E-state index is 12.5. The molecule has 1 aromatic rings. The van der Waals surface area contributed by atoms with Crippen molar-refractivity contribution in [2.75, 3.05) is 0 Å². The summed E-state index contributed by atoms with van der Waals surface area (Å²) in [6.45, 7) is 0. The summed E-state index contributed by atoms with van der Waals surface area (Å²) in [5, 5.41) is 9.45. The first-order chi connectivity index (χ1) is 9.25. The molecule has 1 aromatic heterocycles. The molecule has 1 aliphatic rings. The molecule has 0 amide bonds. The number of halogens is 3. The molecule has 4 nitrogen and oxygen atoms in total. The smallest absolute Gasteiger partial charge is 0.417 e. The molecular weight excluding hydrogens is 273 g/mol. The van der Waals surface area contributed by atoms with Crippen LogP contribution in [0.25, 0.3) is 0 Å². The molecule has 1 aliphatic carbocycles. The summed E-state index contributed by atoms with van der Waals surface area (Å²) in [7, 11) is 0. The zero-order valence-corrected chi connectivity index (χ0v) is 10.7. The molecule has 20 heavy (non-hydrogen) atoms. The van der Waals surface area contributed by atoms with Crippen LogP contribution >= 0.6 is 0 Å². The minimum Gasteiger partial charge on any atom is -0.481 e. The average Bonchev–Trinajstić information content (AvgIpc) is 2.39. The molecule has 0 radical (unpaired) electrons. The zero-order valence-electron chi connectivity index (χ0n) is 10.7. The third kappa shape index (κ3) is 2.63. The number of rotatable bonds is 2. The summed E-state index contributed by atoms with van der Waals surface area (Å²) in [4.78, 5) is 15.3. The normalized spacial score (nSPS) is 27.3. The minimum absolute atomic E-state index is 0.0584. The molecular formula is C13H15F3N2O2. The topological polar surface area (TPSA) is 76.2 Å². The Balaban J connectivity index is 2.34. The van der Waals surface area contributed by atoms with E-state index >= 15 is 0 Å². The van der Waals surface area contributed by atoms with Gasteiger partial charge in [-0.05, 0) is 37.8 Å². The predicted molar refractivity (Wildman–Crippen MR) is 65.0 cm³/mol. The van der Waals surface area contributed by atoms with Crippen molar-refractivity contribution in [1.82, 2.24) is 4.98 Å². The van der Waals surface area contributed by atoms with Crippen LogP contribution in [0.15, 0.2) is 18.3 Å². The molecule has 1 heterocycles. The standard InChI is InChI=1S/C13H15F3N2O2/c14-13(15,16)8-1-2-10(18-7-8)12(11(19)20)5-3-9(17)4-6-12/h1-2,7,9H,3-6,17H2,(H,19,20). The van der Waals surface area contributed by atoms with Crippen LogP contribution in [0.5, 0.6) is 0 Å². The first-order valence-corrected chi connectivity index (χ1v) is 6.28. The summed E-state index contributed by atoms with van der Waals surface area (Å²) < 4.78 is 37.5. The Morgan fingerprint density at radius 2 is 1.95 bits per heavy atom. The van der Waals surface area contributed by atoms with Crippen LogP contribution in [0.3, 0.4) is 0 Å². The van der Waals surface area contributed by atoms with Crippen molar-refractivity contribution >= 4 is 5.97 Å². The van der Waals surface area contributed by atoms with Crippen LogP contribution in [0.4, 0.5) is 13.2 Å². The zero-order chi connectivity index (χ0) is 15.0. The van der Waals surface area contributed by atoms with Crippen molar-refractivity contribution in [2.45, 2.75) is 43.3 Å². The van der Waals surface area contributed by atoms with E-state index in [-0.39, 0.29) is 11.7 Å². The van der Waals surface area contributed by atoms with Gasteiger partial charge in [-0.25, -0.2) is 0 Å². The van der Waals surface area contributed by atoms with Gasteiger partial charge in [0.2, 0.25) is 0 Å². The number of hydrogen-bond acceptors (Lipinski definition) is 3. The number of nitrogens with zero attached hydrogens (tertiary/aromatic N) is 1. The molecule has 110 valence electrons. The lowest BCUT2D eigenvalue weighted by Gasteiger charge is -2.35. The summed E-state index contributed by atoms with van der Waals surface area (Å²) in [5.41, 5.74) is 3.82. The van der Waals surface area contributed by atoms with E-state index < -0.39 is 23.1 Å². The number of hydrogen-bond donors (Lipinski definition) is 2. The van der Waals surface area contributed by atoms with Gasteiger partial charge in [0, 0.05) is 12.2 Å². The van der Waals surface area contributed by atoms with Crippen LogP contribution in [-0.2, 0) is 16.4 Å². The minimum atomic E-state index is -4.48. The van der Waals surface area contributed by atoms with E-state index in [9.17, 15) is 23.1 Å². The Bertz CT molecular complexity index is 491. The Kier molecular flexibility index (Phi) is 3.73. The number of nitrogens with two attached hydrogens (primary N) is 1. The number of alkyl halides is 3. The average molecular weight is 288 g/mol. The van der Waals surface area contributed by atoms with Crippen LogP contribution in [-0.4, -0.2) is 22.1 Å². The van der Waals surface area contributed by atoms with E-state index in [1.54, 1.807) is 0 Å². The lowest BCUT2D eigenvalue weighted by atomic mass is 9.70.